The maximum atomic E-state index is 12.8. The van der Waals surface area contributed by atoms with E-state index in [1.54, 1.807) is 0 Å². The second kappa shape index (κ2) is 2.85. The van der Waals surface area contributed by atoms with Gasteiger partial charge in [0.05, 0.1) is 5.71 Å². The summed E-state index contributed by atoms with van der Waals surface area (Å²) in [5, 5.41) is 0. The molecule has 2 aliphatic rings. The topological polar surface area (TPSA) is 41.8 Å². The zero-order valence-corrected chi connectivity index (χ0v) is 6.97. The van der Waals surface area contributed by atoms with Crippen LogP contribution in [0.4, 0.5) is 17.6 Å². The van der Waals surface area contributed by atoms with Crippen LogP contribution >= 0.6 is 0 Å². The fraction of sp³-hybridized carbons (Fsp3) is 0.125. The minimum Gasteiger partial charge on any atom is -0.286 e. The second-order valence-corrected chi connectivity index (χ2v) is 2.80. The van der Waals surface area contributed by atoms with Crippen LogP contribution in [0.5, 0.6) is 0 Å². The van der Waals surface area contributed by atoms with Gasteiger partial charge in [-0.3, -0.25) is 4.79 Å². The van der Waals surface area contributed by atoms with Gasteiger partial charge in [-0.25, -0.2) is 14.4 Å². The van der Waals surface area contributed by atoms with Crippen molar-refractivity contribution in [1.29, 1.82) is 0 Å². The van der Waals surface area contributed by atoms with E-state index in [1.807, 2.05) is 0 Å². The predicted molar refractivity (Wildman–Crippen MR) is 43.2 cm³/mol. The van der Waals surface area contributed by atoms with Crippen molar-refractivity contribution in [3.63, 3.8) is 0 Å². The van der Waals surface area contributed by atoms with Gasteiger partial charge in [-0.05, 0) is 0 Å². The molecule has 7 heteroatoms. The van der Waals surface area contributed by atoms with E-state index in [2.05, 4.69) is 9.98 Å². The van der Waals surface area contributed by atoms with Crippen LogP contribution in [0.1, 0.15) is 0 Å². The molecule has 0 spiro atoms. The van der Waals surface area contributed by atoms with Crippen molar-refractivity contribution < 1.29 is 22.4 Å². The number of alkyl halides is 3. The van der Waals surface area contributed by atoms with Crippen LogP contribution in [0, 0.1) is 0 Å². The van der Waals surface area contributed by atoms with E-state index in [0.29, 0.717) is 6.08 Å². The number of allylic oxidation sites excluding steroid dienone is 3. The lowest BCUT2D eigenvalue weighted by Crippen LogP contribution is -2.27. The number of aliphatic imine (C=N–C) groups is 2. The first-order valence-electron chi connectivity index (χ1n) is 3.75. The van der Waals surface area contributed by atoms with Gasteiger partial charge in [0.25, 0.3) is 0 Å². The fourth-order valence-electron chi connectivity index (χ4n) is 1.25. The molecular weight excluding hydrogens is 216 g/mol. The number of ketones is 1. The molecule has 0 fully saturated rings. The third-order valence-corrected chi connectivity index (χ3v) is 1.85. The van der Waals surface area contributed by atoms with Crippen molar-refractivity contribution in [2.75, 3.05) is 0 Å². The Morgan fingerprint density at radius 3 is 2.53 bits per heavy atom. The monoisotopic (exact) mass is 218 g/mol. The predicted octanol–water partition coefficient (Wildman–Crippen LogP) is 1.72. The molecule has 0 atom stereocenters. The van der Waals surface area contributed by atoms with Crippen LogP contribution in [-0.4, -0.2) is 24.0 Å². The molecule has 0 unspecified atom stereocenters. The number of hydrogen-bond donors (Lipinski definition) is 0. The van der Waals surface area contributed by atoms with Gasteiger partial charge in [-0.2, -0.15) is 13.2 Å². The van der Waals surface area contributed by atoms with Gasteiger partial charge in [-0.15, -0.1) is 0 Å². The fourth-order valence-corrected chi connectivity index (χ4v) is 1.25. The van der Waals surface area contributed by atoms with E-state index in [0.717, 1.165) is 6.34 Å². The van der Waals surface area contributed by atoms with Crippen LogP contribution in [0.3, 0.4) is 0 Å². The Hall–Kier alpha value is -1.79. The summed E-state index contributed by atoms with van der Waals surface area (Å²) in [5.41, 5.74) is -2.50. The Kier molecular flexibility index (Phi) is 1.85. The number of carbonyl (C=O) groups excluding carboxylic acids is 1. The number of hydrogen-bond acceptors (Lipinski definition) is 3. The summed E-state index contributed by atoms with van der Waals surface area (Å²) in [7, 11) is 0. The van der Waals surface area contributed by atoms with Crippen molar-refractivity contribution in [2.24, 2.45) is 9.98 Å². The highest BCUT2D eigenvalue weighted by Crippen LogP contribution is 2.35. The summed E-state index contributed by atoms with van der Waals surface area (Å²) in [4.78, 5) is 17.7. The van der Waals surface area contributed by atoms with Crippen molar-refractivity contribution in [2.45, 2.75) is 6.18 Å². The molecule has 1 aliphatic heterocycles. The van der Waals surface area contributed by atoms with Crippen molar-refractivity contribution in [3.05, 3.63) is 23.2 Å². The van der Waals surface area contributed by atoms with Gasteiger partial charge in [0, 0.05) is 6.08 Å². The maximum Gasteiger partial charge on any atom is 0.422 e. The largest absolute Gasteiger partial charge is 0.422 e. The smallest absolute Gasteiger partial charge is 0.286 e. The van der Waals surface area contributed by atoms with Crippen LogP contribution in [0.25, 0.3) is 0 Å². The number of rotatable bonds is 0. The highest BCUT2D eigenvalue weighted by Gasteiger charge is 2.46. The molecule has 78 valence electrons. The highest BCUT2D eigenvalue weighted by atomic mass is 19.4. The average Bonchev–Trinajstić information content (AvgIpc) is 2.50. The molecule has 0 saturated heterocycles. The highest BCUT2D eigenvalue weighted by molar-refractivity contribution is 6.26. The van der Waals surface area contributed by atoms with Gasteiger partial charge in [0.15, 0.2) is 5.83 Å². The molecule has 1 heterocycles. The molecule has 2 rings (SSSR count). The molecule has 0 aromatic heterocycles. The van der Waals surface area contributed by atoms with Crippen molar-refractivity contribution in [3.8, 4) is 0 Å². The Balaban J connectivity index is 2.64. The lowest BCUT2D eigenvalue weighted by Gasteiger charge is -2.15. The van der Waals surface area contributed by atoms with E-state index in [1.165, 1.54) is 0 Å². The Morgan fingerprint density at radius 1 is 1.27 bits per heavy atom. The summed E-state index contributed by atoms with van der Waals surface area (Å²) in [6.45, 7) is 0. The van der Waals surface area contributed by atoms with Gasteiger partial charge >= 0.3 is 6.18 Å². The molecule has 0 aromatic carbocycles. The van der Waals surface area contributed by atoms with Crippen LogP contribution in [0.15, 0.2) is 33.2 Å². The Bertz CT molecular complexity index is 468. The van der Waals surface area contributed by atoms with E-state index >= 15 is 0 Å². The van der Waals surface area contributed by atoms with Gasteiger partial charge in [0.1, 0.15) is 17.6 Å². The van der Waals surface area contributed by atoms with Gasteiger partial charge in [0.2, 0.25) is 5.78 Å². The Labute approximate surface area is 80.5 Å². The minimum atomic E-state index is -4.93. The summed E-state index contributed by atoms with van der Waals surface area (Å²) in [5.74, 6) is -3.18. The summed E-state index contributed by atoms with van der Waals surface area (Å²) < 4.78 is 50.0. The third-order valence-electron chi connectivity index (χ3n) is 1.85. The standard InChI is InChI=1S/C8H2F4N2O/c9-3-1-4-6(14-2-13-4)5(7(3)15)8(10,11)12/h1-2H. The van der Waals surface area contributed by atoms with Gasteiger partial charge < -0.3 is 0 Å². The first kappa shape index (κ1) is 9.75. The number of carbonyl (C=O) groups is 1. The van der Waals surface area contributed by atoms with Crippen LogP contribution < -0.4 is 0 Å². The van der Waals surface area contributed by atoms with E-state index in [4.69, 9.17) is 0 Å². The molecule has 1 aliphatic carbocycles. The molecule has 0 radical (unpaired) electrons. The van der Waals surface area contributed by atoms with Crippen molar-refractivity contribution in [1.82, 2.24) is 0 Å². The number of Topliss-reactive ketones (excluding diaryl/α,β-unsaturated/α-hetero) is 1. The molecule has 0 aromatic rings. The Morgan fingerprint density at radius 2 is 1.93 bits per heavy atom. The lowest BCUT2D eigenvalue weighted by atomic mass is 9.99. The quantitative estimate of drug-likeness (QED) is 0.450. The number of halogens is 4. The minimum absolute atomic E-state index is 0.278. The first-order chi connectivity index (χ1) is 6.91. The van der Waals surface area contributed by atoms with Gasteiger partial charge in [-0.1, -0.05) is 0 Å². The molecular formula is C8H2F4N2O. The van der Waals surface area contributed by atoms with E-state index < -0.39 is 29.1 Å². The zero-order valence-electron chi connectivity index (χ0n) is 6.97. The molecule has 0 bridgehead atoms. The molecule has 0 saturated carbocycles. The third kappa shape index (κ3) is 1.39. The molecule has 0 amide bonds. The SMILES string of the molecule is O=C1C(F)=CC2=NC=NC2=C1C(F)(F)F. The van der Waals surface area contributed by atoms with Crippen LogP contribution in [0.2, 0.25) is 0 Å². The maximum absolute atomic E-state index is 12.8. The summed E-state index contributed by atoms with van der Waals surface area (Å²) >= 11 is 0. The number of fused-ring (bicyclic) bond motifs is 1. The summed E-state index contributed by atoms with van der Waals surface area (Å²) in [6.07, 6.45) is -3.45. The summed E-state index contributed by atoms with van der Waals surface area (Å²) in [6, 6.07) is 0. The normalized spacial score (nSPS) is 20.4. The van der Waals surface area contributed by atoms with Crippen molar-refractivity contribution >= 4 is 17.8 Å². The van der Waals surface area contributed by atoms with Crippen LogP contribution in [-0.2, 0) is 4.79 Å². The molecule has 3 nitrogen and oxygen atoms in total. The average molecular weight is 218 g/mol. The molecule has 15 heavy (non-hydrogen) atoms. The first-order valence-corrected chi connectivity index (χ1v) is 3.75. The zero-order chi connectivity index (χ0) is 11.2. The van der Waals surface area contributed by atoms with E-state index in [-0.39, 0.29) is 5.71 Å². The van der Waals surface area contributed by atoms with E-state index in [9.17, 15) is 22.4 Å². The second-order valence-electron chi connectivity index (χ2n) is 2.80. The molecule has 0 N–H and O–H groups in total. The lowest BCUT2D eigenvalue weighted by molar-refractivity contribution is -0.127. The number of nitrogens with zero attached hydrogens (tertiary/aromatic N) is 2.